The van der Waals surface area contributed by atoms with Crippen LogP contribution in [0, 0.1) is 0 Å². The molecule has 0 spiro atoms. The highest BCUT2D eigenvalue weighted by molar-refractivity contribution is 5.72. The Morgan fingerprint density at radius 1 is 1.33 bits per heavy atom. The molecule has 18 heavy (non-hydrogen) atoms. The molecule has 1 aromatic carbocycles. The average Bonchev–Trinajstić information content (AvgIpc) is 2.27. The standard InChI is InChI=1S/C12H17NO5/c1-7(14)13-5-4-10(16)12(18)9-3-2-8(15)6-11(9)17/h2-3,6,10,12,15-18H,4-5H2,1H3,(H,13,14). The molecular formula is C12H17NO5. The van der Waals surface area contributed by atoms with Gasteiger partial charge in [-0.25, -0.2) is 0 Å². The number of carbonyl (C=O) groups excluding carboxylic acids is 1. The normalized spacial score (nSPS) is 13.9. The summed E-state index contributed by atoms with van der Waals surface area (Å²) in [5.41, 5.74) is 0.128. The third-order valence-electron chi connectivity index (χ3n) is 2.51. The first-order chi connectivity index (χ1) is 8.41. The summed E-state index contributed by atoms with van der Waals surface area (Å²) in [7, 11) is 0. The molecule has 0 aliphatic rings. The minimum Gasteiger partial charge on any atom is -0.508 e. The number of amides is 1. The van der Waals surface area contributed by atoms with Gasteiger partial charge in [0.15, 0.2) is 0 Å². The summed E-state index contributed by atoms with van der Waals surface area (Å²) in [6.07, 6.45) is -2.24. The van der Waals surface area contributed by atoms with Crippen molar-refractivity contribution in [2.24, 2.45) is 0 Å². The number of benzene rings is 1. The Balaban J connectivity index is 2.62. The van der Waals surface area contributed by atoms with Gasteiger partial charge >= 0.3 is 0 Å². The van der Waals surface area contributed by atoms with Gasteiger partial charge in [0, 0.05) is 25.1 Å². The van der Waals surface area contributed by atoms with Crippen LogP contribution < -0.4 is 5.32 Å². The fourth-order valence-electron chi connectivity index (χ4n) is 1.54. The first-order valence-corrected chi connectivity index (χ1v) is 5.54. The van der Waals surface area contributed by atoms with E-state index >= 15 is 0 Å². The van der Waals surface area contributed by atoms with Crippen LogP contribution in [0.15, 0.2) is 18.2 Å². The van der Waals surface area contributed by atoms with E-state index in [2.05, 4.69) is 5.32 Å². The molecule has 2 atom stereocenters. The van der Waals surface area contributed by atoms with Crippen LogP contribution in [-0.2, 0) is 4.79 Å². The minimum absolute atomic E-state index is 0.128. The molecule has 0 bridgehead atoms. The molecule has 100 valence electrons. The number of phenolic OH excluding ortho intramolecular Hbond substituents is 2. The average molecular weight is 255 g/mol. The third-order valence-corrected chi connectivity index (χ3v) is 2.51. The minimum atomic E-state index is -1.28. The maximum Gasteiger partial charge on any atom is 0.216 e. The zero-order chi connectivity index (χ0) is 13.7. The summed E-state index contributed by atoms with van der Waals surface area (Å²) in [5.74, 6) is -0.638. The van der Waals surface area contributed by atoms with Crippen molar-refractivity contribution in [3.05, 3.63) is 23.8 Å². The van der Waals surface area contributed by atoms with Crippen LogP contribution in [0.2, 0.25) is 0 Å². The molecule has 0 aliphatic heterocycles. The predicted octanol–water partition coefficient (Wildman–Crippen LogP) is 0.0183. The van der Waals surface area contributed by atoms with Crippen LogP contribution in [0.25, 0.3) is 0 Å². The fourth-order valence-corrected chi connectivity index (χ4v) is 1.54. The Morgan fingerprint density at radius 3 is 2.56 bits per heavy atom. The predicted molar refractivity (Wildman–Crippen MR) is 64.0 cm³/mol. The van der Waals surface area contributed by atoms with Crippen LogP contribution in [-0.4, -0.2) is 39.0 Å². The molecule has 0 fully saturated rings. The summed E-state index contributed by atoms with van der Waals surface area (Å²) in [5, 5.41) is 40.7. The van der Waals surface area contributed by atoms with E-state index in [1.54, 1.807) is 0 Å². The van der Waals surface area contributed by atoms with Crippen molar-refractivity contribution in [1.82, 2.24) is 5.32 Å². The molecule has 0 aromatic heterocycles. The third kappa shape index (κ3) is 3.90. The van der Waals surface area contributed by atoms with Gasteiger partial charge in [-0.05, 0) is 18.6 Å². The number of nitrogens with one attached hydrogen (secondary N) is 1. The van der Waals surface area contributed by atoms with Crippen LogP contribution in [0.3, 0.4) is 0 Å². The van der Waals surface area contributed by atoms with Crippen LogP contribution in [0.4, 0.5) is 0 Å². The van der Waals surface area contributed by atoms with Crippen LogP contribution >= 0.6 is 0 Å². The molecule has 1 aromatic rings. The summed E-state index contributed by atoms with van der Waals surface area (Å²) in [6.45, 7) is 1.58. The number of aliphatic hydroxyl groups excluding tert-OH is 2. The van der Waals surface area contributed by atoms with Gasteiger partial charge in [0.25, 0.3) is 0 Å². The largest absolute Gasteiger partial charge is 0.508 e. The van der Waals surface area contributed by atoms with E-state index < -0.39 is 12.2 Å². The first-order valence-electron chi connectivity index (χ1n) is 5.54. The number of aliphatic hydroxyl groups is 2. The van der Waals surface area contributed by atoms with Crippen molar-refractivity contribution < 1.29 is 25.2 Å². The van der Waals surface area contributed by atoms with Gasteiger partial charge in [0.1, 0.15) is 17.6 Å². The lowest BCUT2D eigenvalue weighted by Crippen LogP contribution is -2.27. The second-order valence-electron chi connectivity index (χ2n) is 4.03. The maximum atomic E-state index is 10.6. The molecule has 6 heteroatoms. The van der Waals surface area contributed by atoms with E-state index in [4.69, 9.17) is 5.11 Å². The van der Waals surface area contributed by atoms with Gasteiger partial charge in [-0.2, -0.15) is 0 Å². The highest BCUT2D eigenvalue weighted by Crippen LogP contribution is 2.30. The summed E-state index contributed by atoms with van der Waals surface area (Å²) in [6, 6.07) is 3.72. The summed E-state index contributed by atoms with van der Waals surface area (Å²) < 4.78 is 0. The molecule has 1 amide bonds. The van der Waals surface area contributed by atoms with Crippen molar-refractivity contribution >= 4 is 5.91 Å². The molecule has 5 N–H and O–H groups in total. The van der Waals surface area contributed by atoms with E-state index in [1.807, 2.05) is 0 Å². The van der Waals surface area contributed by atoms with Crippen LogP contribution in [0.5, 0.6) is 11.5 Å². The lowest BCUT2D eigenvalue weighted by Gasteiger charge is -2.19. The number of aromatic hydroxyl groups is 2. The van der Waals surface area contributed by atoms with E-state index in [0.29, 0.717) is 0 Å². The first kappa shape index (κ1) is 14.3. The zero-order valence-electron chi connectivity index (χ0n) is 10.00. The Hall–Kier alpha value is -1.79. The van der Waals surface area contributed by atoms with Gasteiger partial charge in [-0.15, -0.1) is 0 Å². The van der Waals surface area contributed by atoms with E-state index in [1.165, 1.54) is 19.1 Å². The van der Waals surface area contributed by atoms with Crippen molar-refractivity contribution in [1.29, 1.82) is 0 Å². The van der Waals surface area contributed by atoms with E-state index in [0.717, 1.165) is 6.07 Å². The van der Waals surface area contributed by atoms with Gasteiger partial charge in [-0.3, -0.25) is 4.79 Å². The second-order valence-corrected chi connectivity index (χ2v) is 4.03. The monoisotopic (exact) mass is 255 g/mol. The highest BCUT2D eigenvalue weighted by Gasteiger charge is 2.21. The number of phenols is 2. The number of hydrogen-bond donors (Lipinski definition) is 5. The molecule has 6 nitrogen and oxygen atoms in total. The summed E-state index contributed by atoms with van der Waals surface area (Å²) in [4.78, 5) is 10.6. The lowest BCUT2D eigenvalue weighted by molar-refractivity contribution is -0.119. The van der Waals surface area contributed by atoms with E-state index in [-0.39, 0.29) is 35.9 Å². The molecule has 0 aliphatic carbocycles. The van der Waals surface area contributed by atoms with Gasteiger partial charge in [0.2, 0.25) is 5.91 Å². The SMILES string of the molecule is CC(=O)NCCC(O)C(O)c1ccc(O)cc1O. The molecule has 2 unspecified atom stereocenters. The van der Waals surface area contributed by atoms with Gasteiger partial charge in [-0.1, -0.05) is 0 Å². The number of rotatable bonds is 5. The number of carbonyl (C=O) groups is 1. The van der Waals surface area contributed by atoms with Gasteiger partial charge < -0.3 is 25.7 Å². The van der Waals surface area contributed by atoms with E-state index in [9.17, 15) is 20.1 Å². The zero-order valence-corrected chi connectivity index (χ0v) is 10.00. The Bertz CT molecular complexity index is 421. The summed E-state index contributed by atoms with van der Waals surface area (Å²) >= 11 is 0. The van der Waals surface area contributed by atoms with Crippen molar-refractivity contribution in [2.75, 3.05) is 6.54 Å². The molecule has 0 heterocycles. The lowest BCUT2D eigenvalue weighted by atomic mass is 10.0. The van der Waals surface area contributed by atoms with Crippen LogP contribution in [0.1, 0.15) is 25.0 Å². The number of hydrogen-bond acceptors (Lipinski definition) is 5. The molecule has 0 saturated carbocycles. The molecular weight excluding hydrogens is 238 g/mol. The fraction of sp³-hybridized carbons (Fsp3) is 0.417. The van der Waals surface area contributed by atoms with Crippen molar-refractivity contribution in [2.45, 2.75) is 25.6 Å². The van der Waals surface area contributed by atoms with Crippen molar-refractivity contribution in [3.63, 3.8) is 0 Å². The Labute approximate surface area is 105 Å². The molecule has 1 rings (SSSR count). The topological polar surface area (TPSA) is 110 Å². The second kappa shape index (κ2) is 6.23. The Morgan fingerprint density at radius 2 is 2.00 bits per heavy atom. The molecule has 0 radical (unpaired) electrons. The smallest absolute Gasteiger partial charge is 0.216 e. The maximum absolute atomic E-state index is 10.6. The highest BCUT2D eigenvalue weighted by atomic mass is 16.3. The Kier molecular flexibility index (Phi) is 4.94. The molecule has 0 saturated heterocycles. The quantitative estimate of drug-likeness (QED) is 0.509. The van der Waals surface area contributed by atoms with Crippen molar-refractivity contribution in [3.8, 4) is 11.5 Å². The van der Waals surface area contributed by atoms with Gasteiger partial charge in [0.05, 0.1) is 6.10 Å².